The second kappa shape index (κ2) is 12.3. The van der Waals surface area contributed by atoms with Gasteiger partial charge in [-0.2, -0.15) is 13.2 Å². The average Bonchev–Trinajstić information content (AvgIpc) is 2.79. The molecule has 0 saturated heterocycles. The minimum atomic E-state index is -5.04. The van der Waals surface area contributed by atoms with E-state index in [1.165, 1.54) is 19.2 Å². The van der Waals surface area contributed by atoms with Crippen LogP contribution in [0.4, 0.5) is 13.2 Å². The number of carbonyl (C=O) groups is 1. The second-order valence-electron chi connectivity index (χ2n) is 13.5. The van der Waals surface area contributed by atoms with Crippen LogP contribution in [0.3, 0.4) is 0 Å². The Hall–Kier alpha value is -2.67. The lowest BCUT2D eigenvalue weighted by atomic mass is 10.1. The summed E-state index contributed by atoms with van der Waals surface area (Å²) in [7, 11) is -3.27. The van der Waals surface area contributed by atoms with Crippen molar-refractivity contribution < 1.29 is 36.7 Å². The number of ether oxygens (including phenoxy) is 1. The number of alkyl halides is 3. The highest BCUT2D eigenvalue weighted by Gasteiger charge is 2.44. The van der Waals surface area contributed by atoms with Crippen molar-refractivity contribution in [2.45, 2.75) is 96.9 Å². The summed E-state index contributed by atoms with van der Waals surface area (Å²) in [4.78, 5) is 13.3. The van der Waals surface area contributed by atoms with Gasteiger partial charge < -0.3 is 23.6 Å². The predicted molar refractivity (Wildman–Crippen MR) is 162 cm³/mol. The van der Waals surface area contributed by atoms with E-state index in [9.17, 15) is 23.1 Å². The number of hydrogen-bond donors (Lipinski definition) is 1. The monoisotopic (exact) mass is 613 g/mol. The SMILES string of the molecule is COc1c(O[Si](C)(C)C(C)(C)C)cc(CN(CCc2ccc(O)cc2)C(=O)C(F)(F)F)cc1O[Si](C)(C)C(C)(C)C. The van der Waals surface area contributed by atoms with E-state index in [2.05, 4.69) is 67.7 Å². The number of halogens is 3. The fourth-order valence-corrected chi connectivity index (χ4v) is 5.52. The second-order valence-corrected chi connectivity index (χ2v) is 22.9. The molecule has 1 amide bonds. The van der Waals surface area contributed by atoms with Crippen LogP contribution in [0.2, 0.25) is 36.3 Å². The van der Waals surface area contributed by atoms with Gasteiger partial charge in [-0.05, 0) is 78.1 Å². The summed E-state index contributed by atoms with van der Waals surface area (Å²) in [6, 6.07) is 9.49. The number of hydrogen-bond acceptors (Lipinski definition) is 5. The first-order chi connectivity index (χ1) is 18.5. The predicted octanol–water partition coefficient (Wildman–Crippen LogP) is 8.30. The van der Waals surface area contributed by atoms with Crippen LogP contribution in [-0.2, 0) is 17.8 Å². The summed E-state index contributed by atoms with van der Waals surface area (Å²) < 4.78 is 60.1. The maximum Gasteiger partial charge on any atom is 0.471 e. The summed E-state index contributed by atoms with van der Waals surface area (Å²) >= 11 is 0. The van der Waals surface area contributed by atoms with E-state index < -0.39 is 28.7 Å². The molecule has 41 heavy (non-hydrogen) atoms. The van der Waals surface area contributed by atoms with E-state index in [1.807, 2.05) is 0 Å². The Kier molecular flexibility index (Phi) is 10.3. The topological polar surface area (TPSA) is 68.2 Å². The lowest BCUT2D eigenvalue weighted by Gasteiger charge is -2.39. The van der Waals surface area contributed by atoms with Crippen LogP contribution in [-0.4, -0.2) is 52.4 Å². The van der Waals surface area contributed by atoms with Crippen LogP contribution in [0.25, 0.3) is 0 Å². The number of aromatic hydroxyl groups is 1. The first-order valence-electron chi connectivity index (χ1n) is 13.7. The molecule has 0 unspecified atom stereocenters. The van der Waals surface area contributed by atoms with Crippen LogP contribution >= 0.6 is 0 Å². The highest BCUT2D eigenvalue weighted by atomic mass is 28.4. The quantitative estimate of drug-likeness (QED) is 0.273. The average molecular weight is 614 g/mol. The van der Waals surface area contributed by atoms with Gasteiger partial charge in [0.15, 0.2) is 11.5 Å². The van der Waals surface area contributed by atoms with Crippen molar-refractivity contribution in [2.75, 3.05) is 13.7 Å². The third-order valence-electron chi connectivity index (χ3n) is 8.14. The minimum Gasteiger partial charge on any atom is -0.541 e. The molecule has 11 heteroatoms. The zero-order valence-corrected chi connectivity index (χ0v) is 28.2. The molecule has 230 valence electrons. The van der Waals surface area contributed by atoms with E-state index >= 15 is 0 Å². The Morgan fingerprint density at radius 3 is 1.63 bits per heavy atom. The van der Waals surface area contributed by atoms with E-state index in [0.29, 0.717) is 28.4 Å². The zero-order chi connectivity index (χ0) is 31.6. The zero-order valence-electron chi connectivity index (χ0n) is 26.2. The number of amides is 1. The van der Waals surface area contributed by atoms with Gasteiger partial charge in [0.05, 0.1) is 7.11 Å². The molecule has 0 aromatic heterocycles. The summed E-state index contributed by atoms with van der Waals surface area (Å²) in [5, 5.41) is 9.23. The highest BCUT2D eigenvalue weighted by molar-refractivity contribution is 6.75. The van der Waals surface area contributed by atoms with E-state index in [0.717, 1.165) is 4.90 Å². The molecule has 0 fully saturated rings. The lowest BCUT2D eigenvalue weighted by Crippen LogP contribution is -2.45. The van der Waals surface area contributed by atoms with Crippen LogP contribution in [0.1, 0.15) is 52.7 Å². The number of benzene rings is 2. The molecule has 6 nitrogen and oxygen atoms in total. The van der Waals surface area contributed by atoms with E-state index in [-0.39, 0.29) is 35.3 Å². The van der Waals surface area contributed by atoms with Gasteiger partial charge in [0.2, 0.25) is 5.75 Å². The third kappa shape index (κ3) is 8.91. The molecule has 0 aliphatic heterocycles. The Balaban J connectivity index is 2.62. The Morgan fingerprint density at radius 2 is 1.27 bits per heavy atom. The Labute approximate surface area is 245 Å². The lowest BCUT2D eigenvalue weighted by molar-refractivity contribution is -0.186. The van der Waals surface area contributed by atoms with Crippen LogP contribution in [0.15, 0.2) is 36.4 Å². The summed E-state index contributed by atoms with van der Waals surface area (Å²) in [5.74, 6) is -0.697. The highest BCUT2D eigenvalue weighted by Crippen LogP contribution is 2.47. The molecule has 0 aliphatic carbocycles. The third-order valence-corrected chi connectivity index (χ3v) is 16.8. The molecular formula is C30H46F3NO5Si2. The maximum absolute atomic E-state index is 13.7. The molecule has 0 heterocycles. The molecule has 2 aromatic carbocycles. The van der Waals surface area contributed by atoms with Crippen molar-refractivity contribution in [1.82, 2.24) is 4.90 Å². The van der Waals surface area contributed by atoms with Crippen molar-refractivity contribution >= 4 is 22.5 Å². The van der Waals surface area contributed by atoms with Gasteiger partial charge >= 0.3 is 12.1 Å². The number of rotatable bonds is 10. The maximum atomic E-state index is 13.7. The summed E-state index contributed by atoms with van der Waals surface area (Å²) in [6.45, 7) is 20.4. The molecule has 2 rings (SSSR count). The van der Waals surface area contributed by atoms with Crippen molar-refractivity contribution in [3.8, 4) is 23.0 Å². The molecule has 0 bridgehead atoms. The normalized spacial score (nSPS) is 13.1. The number of nitrogens with zero attached hydrogens (tertiary/aromatic N) is 1. The van der Waals surface area contributed by atoms with Crippen LogP contribution in [0, 0.1) is 0 Å². The largest absolute Gasteiger partial charge is 0.541 e. The molecule has 0 radical (unpaired) electrons. The van der Waals surface area contributed by atoms with Crippen LogP contribution < -0.4 is 13.6 Å². The van der Waals surface area contributed by atoms with Crippen molar-refractivity contribution in [3.63, 3.8) is 0 Å². The number of carbonyl (C=O) groups excluding carboxylic acids is 1. The van der Waals surface area contributed by atoms with E-state index in [1.54, 1.807) is 24.3 Å². The number of phenolic OH excluding ortho intramolecular Hbond substituents is 1. The molecule has 0 aliphatic rings. The van der Waals surface area contributed by atoms with Gasteiger partial charge in [0.25, 0.3) is 16.6 Å². The molecule has 0 atom stereocenters. The Morgan fingerprint density at radius 1 is 0.829 bits per heavy atom. The number of phenols is 1. The van der Waals surface area contributed by atoms with Gasteiger partial charge in [-0.1, -0.05) is 53.7 Å². The molecular weight excluding hydrogens is 567 g/mol. The molecule has 1 N–H and O–H groups in total. The van der Waals surface area contributed by atoms with Gasteiger partial charge in [0.1, 0.15) is 5.75 Å². The van der Waals surface area contributed by atoms with Crippen molar-refractivity contribution in [3.05, 3.63) is 47.5 Å². The standard InChI is InChI=1S/C30H46F3NO5Si2/c1-28(2,3)40(8,9)38-24-18-22(19-25(26(24)37-7)39-41(10,11)29(4,5)6)20-34(27(36)30(31,32)33)17-16-21-12-14-23(35)15-13-21/h12-15,18-19,35H,16-17,20H2,1-11H3. The van der Waals surface area contributed by atoms with Gasteiger partial charge in [0, 0.05) is 13.1 Å². The fraction of sp³-hybridized carbons (Fsp3) is 0.567. The molecule has 0 spiro atoms. The minimum absolute atomic E-state index is 0.0544. The smallest absolute Gasteiger partial charge is 0.471 e. The van der Waals surface area contributed by atoms with Crippen molar-refractivity contribution in [2.24, 2.45) is 0 Å². The van der Waals surface area contributed by atoms with Gasteiger partial charge in [-0.15, -0.1) is 0 Å². The van der Waals surface area contributed by atoms with Gasteiger partial charge in [-0.3, -0.25) is 4.79 Å². The van der Waals surface area contributed by atoms with E-state index in [4.69, 9.17) is 13.6 Å². The first-order valence-corrected chi connectivity index (χ1v) is 19.5. The summed E-state index contributed by atoms with van der Waals surface area (Å²) in [6.07, 6.45) is -4.86. The fourth-order valence-electron chi connectivity index (χ4n) is 3.51. The Bertz CT molecular complexity index is 1150. The molecule has 0 saturated carbocycles. The molecule has 2 aromatic rings. The number of methoxy groups -OCH3 is 1. The summed E-state index contributed by atoms with van der Waals surface area (Å²) in [5.41, 5.74) is 1.14. The van der Waals surface area contributed by atoms with Crippen molar-refractivity contribution in [1.29, 1.82) is 0 Å². The van der Waals surface area contributed by atoms with Crippen LogP contribution in [0.5, 0.6) is 23.0 Å². The first kappa shape index (κ1) is 34.5. The van der Waals surface area contributed by atoms with Gasteiger partial charge in [-0.25, -0.2) is 0 Å².